The summed E-state index contributed by atoms with van der Waals surface area (Å²) in [6.45, 7) is 0.0110. The van der Waals surface area contributed by atoms with E-state index >= 15 is 0 Å². The van der Waals surface area contributed by atoms with Crippen LogP contribution in [0.5, 0.6) is 5.75 Å². The molecule has 0 bridgehead atoms. The SMILES string of the molecule is COc1ccc(C(=O)NC[C@@H](O)c2cc3ccccc3s2)c(F)c1. The maximum Gasteiger partial charge on any atom is 0.254 e. The first-order valence-electron chi connectivity index (χ1n) is 7.37. The second-order valence-corrected chi connectivity index (χ2v) is 6.37. The number of carbonyl (C=O) groups is 1. The highest BCUT2D eigenvalue weighted by Gasteiger charge is 2.16. The Morgan fingerprint density at radius 1 is 1.29 bits per heavy atom. The molecule has 0 radical (unpaired) electrons. The van der Waals surface area contributed by atoms with E-state index in [4.69, 9.17) is 4.74 Å². The van der Waals surface area contributed by atoms with Crippen molar-refractivity contribution in [2.45, 2.75) is 6.10 Å². The number of rotatable bonds is 5. The fraction of sp³-hybridized carbons (Fsp3) is 0.167. The Hall–Kier alpha value is -2.44. The lowest BCUT2D eigenvalue weighted by Gasteiger charge is -2.11. The van der Waals surface area contributed by atoms with Crippen LogP contribution in [0.25, 0.3) is 10.1 Å². The number of hydrogen-bond donors (Lipinski definition) is 2. The van der Waals surface area contributed by atoms with Crippen molar-refractivity contribution in [3.05, 3.63) is 64.8 Å². The third kappa shape index (κ3) is 3.39. The first kappa shape index (κ1) is 16.4. The minimum absolute atomic E-state index is 0.0110. The first-order valence-corrected chi connectivity index (χ1v) is 8.18. The summed E-state index contributed by atoms with van der Waals surface area (Å²) in [6, 6.07) is 13.7. The molecule has 0 aliphatic heterocycles. The highest BCUT2D eigenvalue weighted by Crippen LogP contribution is 2.29. The Bertz CT molecular complexity index is 845. The minimum Gasteiger partial charge on any atom is -0.497 e. The molecule has 0 fully saturated rings. The zero-order valence-corrected chi connectivity index (χ0v) is 13.8. The second kappa shape index (κ2) is 6.98. The van der Waals surface area contributed by atoms with Gasteiger partial charge in [-0.15, -0.1) is 11.3 Å². The molecule has 4 nitrogen and oxygen atoms in total. The van der Waals surface area contributed by atoms with Crippen molar-refractivity contribution in [3.63, 3.8) is 0 Å². The number of aliphatic hydroxyl groups is 1. The third-order valence-corrected chi connectivity index (χ3v) is 4.87. The van der Waals surface area contributed by atoms with E-state index in [9.17, 15) is 14.3 Å². The van der Waals surface area contributed by atoms with E-state index in [0.29, 0.717) is 5.75 Å². The van der Waals surface area contributed by atoms with Gasteiger partial charge in [-0.2, -0.15) is 0 Å². The Labute approximate surface area is 142 Å². The number of thiophene rings is 1. The predicted octanol–water partition coefficient (Wildman–Crippen LogP) is 3.51. The van der Waals surface area contributed by atoms with Gasteiger partial charge >= 0.3 is 0 Å². The van der Waals surface area contributed by atoms with Crippen LogP contribution in [0.4, 0.5) is 4.39 Å². The molecule has 24 heavy (non-hydrogen) atoms. The smallest absolute Gasteiger partial charge is 0.254 e. The van der Waals surface area contributed by atoms with Crippen molar-refractivity contribution >= 4 is 27.3 Å². The number of fused-ring (bicyclic) bond motifs is 1. The number of aliphatic hydroxyl groups excluding tert-OH is 1. The minimum atomic E-state index is -0.840. The normalized spacial score (nSPS) is 12.1. The van der Waals surface area contributed by atoms with Gasteiger partial charge in [0.2, 0.25) is 0 Å². The standard InChI is InChI=1S/C18H16FNO3S/c1-23-12-6-7-13(14(19)9-12)18(22)20-10-15(21)17-8-11-4-2-3-5-16(11)24-17/h2-9,15,21H,10H2,1H3,(H,20,22)/t15-/m1/s1. The van der Waals surface area contributed by atoms with Gasteiger partial charge in [-0.25, -0.2) is 4.39 Å². The van der Waals surface area contributed by atoms with Crippen LogP contribution in [0.15, 0.2) is 48.5 Å². The summed E-state index contributed by atoms with van der Waals surface area (Å²) in [5.41, 5.74) is -0.0839. The van der Waals surface area contributed by atoms with Gasteiger partial charge in [0.25, 0.3) is 5.91 Å². The summed E-state index contributed by atoms with van der Waals surface area (Å²) in [5, 5.41) is 13.9. The third-order valence-electron chi connectivity index (χ3n) is 3.65. The van der Waals surface area contributed by atoms with E-state index in [0.717, 1.165) is 21.0 Å². The molecular formula is C18H16FNO3S. The summed E-state index contributed by atoms with van der Waals surface area (Å²) in [4.78, 5) is 12.8. The first-order chi connectivity index (χ1) is 11.6. The number of ether oxygens (including phenoxy) is 1. The van der Waals surface area contributed by atoms with Crippen LogP contribution >= 0.6 is 11.3 Å². The molecule has 0 spiro atoms. The van der Waals surface area contributed by atoms with E-state index in [1.807, 2.05) is 30.3 Å². The Balaban J connectivity index is 1.67. The van der Waals surface area contributed by atoms with Crippen LogP contribution in [0, 0.1) is 5.82 Å². The second-order valence-electron chi connectivity index (χ2n) is 5.26. The molecule has 1 heterocycles. The number of carbonyl (C=O) groups excluding carboxylic acids is 1. The molecule has 0 aliphatic carbocycles. The molecule has 1 amide bonds. The fourth-order valence-electron chi connectivity index (χ4n) is 2.36. The van der Waals surface area contributed by atoms with Gasteiger partial charge in [0.15, 0.2) is 0 Å². The molecule has 124 valence electrons. The maximum absolute atomic E-state index is 13.9. The number of amides is 1. The van der Waals surface area contributed by atoms with Crippen LogP contribution in [0.1, 0.15) is 21.3 Å². The van der Waals surface area contributed by atoms with E-state index in [2.05, 4.69) is 5.32 Å². The fourth-order valence-corrected chi connectivity index (χ4v) is 3.41. The average molecular weight is 345 g/mol. The Morgan fingerprint density at radius 2 is 2.08 bits per heavy atom. The molecule has 2 N–H and O–H groups in total. The van der Waals surface area contributed by atoms with E-state index in [1.54, 1.807) is 0 Å². The largest absolute Gasteiger partial charge is 0.497 e. The average Bonchev–Trinajstić information content (AvgIpc) is 3.03. The molecule has 1 aromatic heterocycles. The van der Waals surface area contributed by atoms with Gasteiger partial charge in [0, 0.05) is 22.2 Å². The lowest BCUT2D eigenvalue weighted by molar-refractivity contribution is 0.0914. The molecule has 2 aromatic carbocycles. The molecule has 0 saturated carbocycles. The van der Waals surface area contributed by atoms with E-state index in [-0.39, 0.29) is 12.1 Å². The highest BCUT2D eigenvalue weighted by molar-refractivity contribution is 7.19. The monoisotopic (exact) mass is 345 g/mol. The lowest BCUT2D eigenvalue weighted by Crippen LogP contribution is -2.28. The number of methoxy groups -OCH3 is 1. The lowest BCUT2D eigenvalue weighted by atomic mass is 10.2. The highest BCUT2D eigenvalue weighted by atomic mass is 32.1. The number of nitrogens with one attached hydrogen (secondary N) is 1. The summed E-state index contributed by atoms with van der Waals surface area (Å²) in [7, 11) is 1.43. The van der Waals surface area contributed by atoms with Crippen molar-refractivity contribution in [2.24, 2.45) is 0 Å². The molecule has 1 atom stereocenters. The van der Waals surface area contributed by atoms with Crippen molar-refractivity contribution in [3.8, 4) is 5.75 Å². The van der Waals surface area contributed by atoms with Gasteiger partial charge in [-0.05, 0) is 29.7 Å². The van der Waals surface area contributed by atoms with E-state index in [1.165, 1.54) is 30.6 Å². The van der Waals surface area contributed by atoms with Crippen molar-refractivity contribution in [2.75, 3.05) is 13.7 Å². The Morgan fingerprint density at radius 3 is 2.79 bits per heavy atom. The molecule has 6 heteroatoms. The molecule has 0 unspecified atom stereocenters. The van der Waals surface area contributed by atoms with Crippen LogP contribution < -0.4 is 10.1 Å². The van der Waals surface area contributed by atoms with Crippen molar-refractivity contribution in [1.29, 1.82) is 0 Å². The summed E-state index contributed by atoms with van der Waals surface area (Å²) >= 11 is 1.47. The summed E-state index contributed by atoms with van der Waals surface area (Å²) in [6.07, 6.45) is -0.840. The summed E-state index contributed by atoms with van der Waals surface area (Å²) < 4.78 is 19.8. The molecule has 3 aromatic rings. The van der Waals surface area contributed by atoms with E-state index < -0.39 is 17.8 Å². The molecule has 0 aliphatic rings. The van der Waals surface area contributed by atoms with Crippen LogP contribution in [-0.4, -0.2) is 24.7 Å². The number of hydrogen-bond acceptors (Lipinski definition) is 4. The quantitative estimate of drug-likeness (QED) is 0.744. The van der Waals surface area contributed by atoms with Gasteiger partial charge in [0.05, 0.1) is 12.7 Å². The van der Waals surface area contributed by atoms with Crippen molar-refractivity contribution < 1.29 is 19.0 Å². The van der Waals surface area contributed by atoms with Gasteiger partial charge in [-0.1, -0.05) is 18.2 Å². The maximum atomic E-state index is 13.9. The van der Waals surface area contributed by atoms with Crippen LogP contribution in [0.3, 0.4) is 0 Å². The van der Waals surface area contributed by atoms with Gasteiger partial charge in [0.1, 0.15) is 17.7 Å². The zero-order valence-electron chi connectivity index (χ0n) is 13.0. The van der Waals surface area contributed by atoms with Crippen LogP contribution in [0.2, 0.25) is 0 Å². The van der Waals surface area contributed by atoms with Gasteiger partial charge in [-0.3, -0.25) is 4.79 Å². The number of benzene rings is 2. The number of halogens is 1. The van der Waals surface area contributed by atoms with Crippen molar-refractivity contribution in [1.82, 2.24) is 5.32 Å². The summed E-state index contributed by atoms with van der Waals surface area (Å²) in [5.74, 6) is -0.895. The molecule has 3 rings (SSSR count). The van der Waals surface area contributed by atoms with Crippen LogP contribution in [-0.2, 0) is 0 Å². The molecule has 0 saturated heterocycles. The zero-order chi connectivity index (χ0) is 17.1. The Kier molecular flexibility index (Phi) is 4.78. The topological polar surface area (TPSA) is 58.6 Å². The molecular weight excluding hydrogens is 329 g/mol. The van der Waals surface area contributed by atoms with Gasteiger partial charge < -0.3 is 15.2 Å². The predicted molar refractivity (Wildman–Crippen MR) is 92.1 cm³/mol.